The number of rotatable bonds is 14. The van der Waals surface area contributed by atoms with Crippen LogP contribution >= 0.6 is 11.3 Å². The Kier molecular flexibility index (Phi) is 13.8. The molecule has 9 N–H and O–H groups in total. The minimum absolute atomic E-state index is 0.0361. The first-order valence-corrected chi connectivity index (χ1v) is 21.0. The molecule has 0 radical (unpaired) electrons. The number of carbonyl (C=O) groups excluding carboxylic acids is 5. The summed E-state index contributed by atoms with van der Waals surface area (Å²) >= 11 is 1.55. The number of aliphatic hydroxyl groups excluding tert-OH is 1. The molecule has 18 heteroatoms. The Bertz CT molecular complexity index is 2510. The monoisotopic (exact) mass is 866 g/mol. The van der Waals surface area contributed by atoms with Crippen LogP contribution in [0.5, 0.6) is 0 Å². The number of nitrogens with one attached hydrogen (secondary N) is 4. The van der Waals surface area contributed by atoms with E-state index in [4.69, 9.17) is 11.5 Å². The fraction of sp³-hybridized carbons (Fsp3) is 0.364. The normalized spacial score (nSPS) is 15.6. The molecular formula is C44H51FN10O6S. The first-order chi connectivity index (χ1) is 29.4. The van der Waals surface area contributed by atoms with Gasteiger partial charge in [0.2, 0.25) is 29.5 Å². The van der Waals surface area contributed by atoms with E-state index in [2.05, 4.69) is 36.2 Å². The molecular weight excluding hydrogens is 816 g/mol. The quantitative estimate of drug-likeness (QED) is 0.0773. The van der Waals surface area contributed by atoms with Crippen LogP contribution in [0.4, 0.5) is 21.6 Å². The lowest BCUT2D eigenvalue weighted by molar-refractivity contribution is -0.144. The van der Waals surface area contributed by atoms with Gasteiger partial charge in [-0.25, -0.2) is 14.4 Å². The van der Waals surface area contributed by atoms with Gasteiger partial charge in [-0.1, -0.05) is 45.0 Å². The highest BCUT2D eigenvalue weighted by atomic mass is 32.1. The second kappa shape index (κ2) is 19.0. The lowest BCUT2D eigenvalue weighted by Crippen LogP contribution is -2.57. The summed E-state index contributed by atoms with van der Waals surface area (Å²) in [7, 11) is 0. The minimum atomic E-state index is -1.06. The molecule has 326 valence electrons. The molecule has 0 aliphatic carbocycles. The molecule has 3 atom stereocenters. The van der Waals surface area contributed by atoms with E-state index in [1.165, 1.54) is 23.5 Å². The summed E-state index contributed by atoms with van der Waals surface area (Å²) in [5.74, 6) is -2.90. The molecule has 5 amide bonds. The van der Waals surface area contributed by atoms with E-state index < -0.39 is 59.0 Å². The zero-order valence-corrected chi connectivity index (χ0v) is 36.0. The highest BCUT2D eigenvalue weighted by Crippen LogP contribution is 2.36. The number of β-amino-alcohol motifs (C(OH)–C–C–N with tert-alkyl or cyclic N) is 1. The Hall–Kier alpha value is -6.53. The fourth-order valence-electron chi connectivity index (χ4n) is 7.22. The topological polar surface area (TPSA) is 248 Å². The van der Waals surface area contributed by atoms with E-state index in [-0.39, 0.29) is 62.4 Å². The van der Waals surface area contributed by atoms with Gasteiger partial charge in [-0.2, -0.15) is 0 Å². The molecule has 0 unspecified atom stereocenters. The van der Waals surface area contributed by atoms with Crippen molar-refractivity contribution in [2.75, 3.05) is 29.9 Å². The van der Waals surface area contributed by atoms with E-state index in [9.17, 15) is 29.1 Å². The molecule has 2 aromatic carbocycles. The summed E-state index contributed by atoms with van der Waals surface area (Å²) in [5, 5.41) is 22.3. The van der Waals surface area contributed by atoms with Gasteiger partial charge in [0.15, 0.2) is 5.82 Å². The van der Waals surface area contributed by atoms with Crippen molar-refractivity contribution in [2.24, 2.45) is 5.41 Å². The van der Waals surface area contributed by atoms with E-state index in [0.717, 1.165) is 21.7 Å². The lowest BCUT2D eigenvalue weighted by Gasteiger charge is -2.35. The molecule has 62 heavy (non-hydrogen) atoms. The number of aromatic nitrogens is 3. The lowest BCUT2D eigenvalue weighted by atomic mass is 9.85. The Morgan fingerprint density at radius 2 is 1.66 bits per heavy atom. The highest BCUT2D eigenvalue weighted by molar-refractivity contribution is 7.13. The third kappa shape index (κ3) is 10.5. The molecule has 1 saturated heterocycles. The number of nitrogen functional groups attached to an aromatic ring is 2. The fourth-order valence-corrected chi connectivity index (χ4v) is 8.04. The third-order valence-electron chi connectivity index (χ3n) is 10.8. The predicted molar refractivity (Wildman–Crippen MR) is 236 cm³/mol. The Labute approximate surface area is 362 Å². The van der Waals surface area contributed by atoms with Gasteiger partial charge in [-0.15, -0.1) is 11.3 Å². The Balaban J connectivity index is 0.973. The van der Waals surface area contributed by atoms with E-state index in [1.807, 2.05) is 31.2 Å². The van der Waals surface area contributed by atoms with Crippen LogP contribution in [-0.4, -0.2) is 85.8 Å². The van der Waals surface area contributed by atoms with Crippen LogP contribution in [0.3, 0.4) is 0 Å². The second-order valence-electron chi connectivity index (χ2n) is 16.4. The summed E-state index contributed by atoms with van der Waals surface area (Å²) in [6.07, 6.45) is 2.88. The summed E-state index contributed by atoms with van der Waals surface area (Å²) in [5.41, 5.74) is 17.5. The first-order valence-electron chi connectivity index (χ1n) is 20.1. The number of thiazole rings is 1. The van der Waals surface area contributed by atoms with Crippen LogP contribution in [0.1, 0.15) is 63.3 Å². The van der Waals surface area contributed by atoms with Crippen molar-refractivity contribution in [3.8, 4) is 21.6 Å². The average molecular weight is 867 g/mol. The maximum atomic E-state index is 15.3. The molecule has 1 fully saturated rings. The van der Waals surface area contributed by atoms with Crippen molar-refractivity contribution in [2.45, 2.75) is 85.0 Å². The number of nitrogens with zero attached hydrogens (tertiary/aromatic N) is 4. The number of anilines is 3. The Morgan fingerprint density at radius 3 is 2.35 bits per heavy atom. The maximum absolute atomic E-state index is 15.3. The molecule has 0 spiro atoms. The third-order valence-corrected chi connectivity index (χ3v) is 11.8. The first kappa shape index (κ1) is 45.0. The molecule has 6 rings (SSSR count). The number of aryl methyl sites for hydroxylation is 1. The second-order valence-corrected chi connectivity index (χ2v) is 17.3. The molecule has 3 aromatic heterocycles. The summed E-state index contributed by atoms with van der Waals surface area (Å²) in [6.45, 7) is 9.11. The van der Waals surface area contributed by atoms with Crippen molar-refractivity contribution in [3.05, 3.63) is 83.1 Å². The predicted octanol–water partition coefficient (Wildman–Crippen LogP) is 4.37. The summed E-state index contributed by atoms with van der Waals surface area (Å²) < 4.78 is 15.3. The number of pyridine rings is 2. The van der Waals surface area contributed by atoms with Crippen molar-refractivity contribution >= 4 is 68.8 Å². The summed E-state index contributed by atoms with van der Waals surface area (Å²) in [4.78, 5) is 80.9. The highest BCUT2D eigenvalue weighted by Gasteiger charge is 2.44. The minimum Gasteiger partial charge on any atom is -0.397 e. The Morgan fingerprint density at radius 1 is 0.935 bits per heavy atom. The van der Waals surface area contributed by atoms with Gasteiger partial charge < -0.3 is 42.7 Å². The molecule has 0 saturated carbocycles. The van der Waals surface area contributed by atoms with E-state index >= 15 is 4.39 Å². The molecule has 5 aromatic rings. The van der Waals surface area contributed by atoms with Gasteiger partial charge in [-0.05, 0) is 53.5 Å². The smallest absolute Gasteiger partial charge is 0.246 e. The molecule has 1 aliphatic heterocycles. The summed E-state index contributed by atoms with van der Waals surface area (Å²) in [6, 6.07) is 8.88. The molecule has 0 bridgehead atoms. The van der Waals surface area contributed by atoms with Crippen LogP contribution in [0.15, 0.2) is 60.5 Å². The van der Waals surface area contributed by atoms with Crippen LogP contribution in [0.2, 0.25) is 0 Å². The van der Waals surface area contributed by atoms with Gasteiger partial charge in [0, 0.05) is 74.2 Å². The number of nitrogens with two attached hydrogens (primary N) is 2. The van der Waals surface area contributed by atoms with Crippen LogP contribution in [0.25, 0.3) is 32.3 Å². The van der Waals surface area contributed by atoms with Crippen LogP contribution < -0.4 is 32.7 Å². The van der Waals surface area contributed by atoms with Gasteiger partial charge in [0.25, 0.3) is 0 Å². The average Bonchev–Trinajstić information content (AvgIpc) is 3.85. The van der Waals surface area contributed by atoms with E-state index in [1.54, 1.807) is 56.7 Å². The van der Waals surface area contributed by atoms with Crippen molar-refractivity contribution < 1.29 is 33.5 Å². The van der Waals surface area contributed by atoms with Crippen molar-refractivity contribution in [1.82, 2.24) is 35.8 Å². The molecule has 1 aliphatic rings. The van der Waals surface area contributed by atoms with E-state index in [0.29, 0.717) is 27.6 Å². The van der Waals surface area contributed by atoms with Crippen molar-refractivity contribution in [3.63, 3.8) is 0 Å². The van der Waals surface area contributed by atoms with Gasteiger partial charge >= 0.3 is 0 Å². The van der Waals surface area contributed by atoms with Gasteiger partial charge in [-0.3, -0.25) is 29.0 Å². The SMILES string of the molecule is Cc1ncsc1-c1ccc(CNC(=O)[C@@H]2C[C@@H](O)CN2C(=O)[C@@H](NC(=O)CCC(=O)NCCC(=O)Nc2cc3cc(-c4cncc(N)c4C)c(F)c(N)c3cn2)C(C)(C)C)cc1. The zero-order chi connectivity index (χ0) is 44.9. The van der Waals surface area contributed by atoms with Crippen molar-refractivity contribution in [1.29, 1.82) is 0 Å². The number of hydrogen-bond donors (Lipinski definition) is 7. The molecule has 16 nitrogen and oxygen atoms in total. The number of likely N-dealkylation sites (tertiary alicyclic amines) is 1. The number of amides is 5. The zero-order valence-electron chi connectivity index (χ0n) is 35.2. The maximum Gasteiger partial charge on any atom is 0.246 e. The number of hydrogen-bond acceptors (Lipinski definition) is 12. The van der Waals surface area contributed by atoms with Crippen LogP contribution in [0, 0.1) is 25.1 Å². The van der Waals surface area contributed by atoms with Crippen LogP contribution in [-0.2, 0) is 30.5 Å². The van der Waals surface area contributed by atoms with Gasteiger partial charge in [0.05, 0.1) is 39.8 Å². The van der Waals surface area contributed by atoms with Gasteiger partial charge in [0.1, 0.15) is 17.9 Å². The number of carbonyl (C=O) groups is 5. The molecule has 4 heterocycles. The number of aliphatic hydroxyl groups is 1. The number of fused-ring (bicyclic) bond motifs is 1. The number of halogens is 1. The standard InChI is InChI=1S/C44H51FN10O6S/c1-23-30(18-48-20-32(23)46)29-14-27-15-34(50-19-31(27)39(47)38(29)45)53-37(59)12-13-49-35(57)10-11-36(58)54-41(44(3,4)5)43(61)55-21-28(56)16-33(55)42(60)51-17-25-6-8-26(9-7-25)40-24(2)52-22-62-40/h6-9,14-15,18-20,22,28,33,41,56H,10-13,16-17,21,46-47H2,1-5H3,(H,49,57)(H,51,60)(H,54,58)(H,50,53,59)/t28-,33+,41-/m1/s1. The number of benzene rings is 2. The largest absolute Gasteiger partial charge is 0.397 e.